The normalized spacial score (nSPS) is 10.4. The number of pyridine rings is 1. The summed E-state index contributed by atoms with van der Waals surface area (Å²) in [6, 6.07) is 12.6. The van der Waals surface area contributed by atoms with E-state index in [1.54, 1.807) is 6.07 Å². The molecule has 3 aromatic rings. The van der Waals surface area contributed by atoms with Gasteiger partial charge >= 0.3 is 0 Å². The van der Waals surface area contributed by atoms with E-state index >= 15 is 0 Å². The van der Waals surface area contributed by atoms with Crippen LogP contribution in [0.25, 0.3) is 11.4 Å². The maximum atomic E-state index is 13.3. The van der Waals surface area contributed by atoms with Crippen LogP contribution < -0.4 is 4.74 Å². The monoisotopic (exact) mass is 273 g/mol. The Hall–Kier alpha value is -2.34. The van der Waals surface area contributed by atoms with Gasteiger partial charge in [-0.25, -0.2) is 4.98 Å². The smallest absolute Gasteiger partial charge is 0.299 e. The molecule has 0 saturated carbocycles. The summed E-state index contributed by atoms with van der Waals surface area (Å²) in [6.07, 6.45) is 1.36. The quantitative estimate of drug-likeness (QED) is 0.685. The van der Waals surface area contributed by atoms with Crippen LogP contribution in [0.4, 0.5) is 4.39 Å². The summed E-state index contributed by atoms with van der Waals surface area (Å²) in [5, 5.41) is 0.283. The molecular weight excluding hydrogens is 265 g/mol. The van der Waals surface area contributed by atoms with Gasteiger partial charge in [0.1, 0.15) is 0 Å². The number of halogens is 1. The van der Waals surface area contributed by atoms with E-state index in [4.69, 9.17) is 4.74 Å². The molecule has 6 heteroatoms. The third-order valence-corrected chi connectivity index (χ3v) is 2.96. The van der Waals surface area contributed by atoms with Crippen LogP contribution in [0.15, 0.2) is 48.7 Å². The van der Waals surface area contributed by atoms with Crippen LogP contribution in [0.2, 0.25) is 0 Å². The van der Waals surface area contributed by atoms with Crippen molar-refractivity contribution in [3.8, 4) is 22.3 Å². The molecule has 0 atom stereocenters. The Morgan fingerprint density at radius 2 is 1.89 bits per heavy atom. The van der Waals surface area contributed by atoms with E-state index in [9.17, 15) is 4.39 Å². The summed E-state index contributed by atoms with van der Waals surface area (Å²) in [5.41, 5.74) is 0.889. The van der Waals surface area contributed by atoms with Crippen molar-refractivity contribution in [2.24, 2.45) is 0 Å². The summed E-state index contributed by atoms with van der Waals surface area (Å²) < 4.78 is 22.8. The zero-order valence-corrected chi connectivity index (χ0v) is 10.5. The van der Waals surface area contributed by atoms with Crippen molar-refractivity contribution in [3.05, 3.63) is 54.6 Å². The fourth-order valence-corrected chi connectivity index (χ4v) is 2.06. The molecule has 0 amide bonds. The predicted molar refractivity (Wildman–Crippen MR) is 69.6 cm³/mol. The van der Waals surface area contributed by atoms with Crippen molar-refractivity contribution in [2.45, 2.75) is 0 Å². The van der Waals surface area contributed by atoms with Gasteiger partial charge in [-0.3, -0.25) is 0 Å². The van der Waals surface area contributed by atoms with Crippen LogP contribution in [0.5, 0.6) is 10.9 Å². The van der Waals surface area contributed by atoms with Gasteiger partial charge in [0.25, 0.3) is 11.1 Å². The molecule has 3 rings (SSSR count). The molecule has 0 saturated heterocycles. The predicted octanol–water partition coefficient (Wildman–Crippen LogP) is 3.53. The highest BCUT2D eigenvalue weighted by Gasteiger charge is 2.10. The zero-order valence-electron chi connectivity index (χ0n) is 9.65. The molecular formula is C13H8FN3OS. The maximum Gasteiger partial charge on any atom is 0.299 e. The Labute approximate surface area is 112 Å². The molecule has 4 nitrogen and oxygen atoms in total. The average Bonchev–Trinajstić information content (AvgIpc) is 2.91. The molecule has 2 aromatic heterocycles. The maximum absolute atomic E-state index is 13.3. The number of rotatable bonds is 3. The third kappa shape index (κ3) is 2.58. The molecule has 0 spiro atoms. The van der Waals surface area contributed by atoms with E-state index in [1.165, 1.54) is 12.3 Å². The summed E-state index contributed by atoms with van der Waals surface area (Å²) >= 11 is 1.07. The first-order valence-electron chi connectivity index (χ1n) is 5.50. The Kier molecular flexibility index (Phi) is 3.16. The Morgan fingerprint density at radius 3 is 2.68 bits per heavy atom. The van der Waals surface area contributed by atoms with Crippen LogP contribution in [0.3, 0.4) is 0 Å². The topological polar surface area (TPSA) is 47.9 Å². The lowest BCUT2D eigenvalue weighted by Crippen LogP contribution is -1.90. The van der Waals surface area contributed by atoms with Gasteiger partial charge in [-0.05, 0) is 12.1 Å². The SMILES string of the molecule is Fc1ncccc1Oc1nc(-c2ccccc2)ns1. The molecule has 0 unspecified atom stereocenters. The largest absolute Gasteiger partial charge is 0.425 e. The minimum Gasteiger partial charge on any atom is -0.425 e. The van der Waals surface area contributed by atoms with E-state index in [2.05, 4.69) is 14.3 Å². The van der Waals surface area contributed by atoms with Crippen molar-refractivity contribution in [2.75, 3.05) is 0 Å². The molecule has 0 aliphatic rings. The second kappa shape index (κ2) is 5.11. The Bertz CT molecular complexity index is 687. The molecule has 0 aliphatic heterocycles. The van der Waals surface area contributed by atoms with Crippen LogP contribution in [-0.4, -0.2) is 14.3 Å². The lowest BCUT2D eigenvalue weighted by atomic mass is 10.2. The van der Waals surface area contributed by atoms with Gasteiger partial charge < -0.3 is 4.74 Å². The van der Waals surface area contributed by atoms with Gasteiger partial charge in [-0.2, -0.15) is 13.7 Å². The molecule has 0 aliphatic carbocycles. The number of hydrogen-bond donors (Lipinski definition) is 0. The van der Waals surface area contributed by atoms with Crippen molar-refractivity contribution < 1.29 is 9.13 Å². The van der Waals surface area contributed by atoms with Crippen molar-refractivity contribution in [1.82, 2.24) is 14.3 Å². The molecule has 0 bridgehead atoms. The summed E-state index contributed by atoms with van der Waals surface area (Å²) in [4.78, 5) is 7.71. The minimum absolute atomic E-state index is 0.0401. The molecule has 94 valence electrons. The fourth-order valence-electron chi connectivity index (χ4n) is 1.50. The van der Waals surface area contributed by atoms with Crippen LogP contribution in [-0.2, 0) is 0 Å². The van der Waals surface area contributed by atoms with Crippen molar-refractivity contribution in [1.29, 1.82) is 0 Å². The first-order chi connectivity index (χ1) is 9.33. The highest BCUT2D eigenvalue weighted by atomic mass is 32.1. The number of benzene rings is 1. The number of hydrogen-bond acceptors (Lipinski definition) is 5. The lowest BCUT2D eigenvalue weighted by molar-refractivity contribution is 0.427. The molecule has 19 heavy (non-hydrogen) atoms. The second-order valence-corrected chi connectivity index (χ2v) is 4.36. The van der Waals surface area contributed by atoms with Gasteiger partial charge in [-0.1, -0.05) is 30.3 Å². The number of ether oxygens (including phenoxy) is 1. The number of aromatic nitrogens is 3. The molecule has 1 aromatic carbocycles. The molecule has 2 heterocycles. The average molecular weight is 273 g/mol. The highest BCUT2D eigenvalue weighted by Crippen LogP contribution is 2.27. The van der Waals surface area contributed by atoms with E-state index in [0.29, 0.717) is 5.82 Å². The van der Waals surface area contributed by atoms with Crippen LogP contribution in [0.1, 0.15) is 0 Å². The van der Waals surface area contributed by atoms with E-state index in [1.807, 2.05) is 30.3 Å². The van der Waals surface area contributed by atoms with E-state index < -0.39 is 5.95 Å². The highest BCUT2D eigenvalue weighted by molar-refractivity contribution is 7.07. The Balaban J connectivity index is 1.85. The van der Waals surface area contributed by atoms with Crippen LogP contribution in [0, 0.1) is 5.95 Å². The van der Waals surface area contributed by atoms with E-state index in [0.717, 1.165) is 17.1 Å². The summed E-state index contributed by atoms with van der Waals surface area (Å²) in [6.45, 7) is 0. The summed E-state index contributed by atoms with van der Waals surface area (Å²) in [5.74, 6) is -0.0675. The molecule has 0 N–H and O–H groups in total. The van der Waals surface area contributed by atoms with Crippen molar-refractivity contribution in [3.63, 3.8) is 0 Å². The third-order valence-electron chi connectivity index (χ3n) is 2.36. The van der Waals surface area contributed by atoms with Gasteiger partial charge in [0.05, 0.1) is 0 Å². The van der Waals surface area contributed by atoms with Gasteiger partial charge in [0, 0.05) is 23.3 Å². The first-order valence-corrected chi connectivity index (χ1v) is 6.28. The van der Waals surface area contributed by atoms with Crippen LogP contribution >= 0.6 is 11.5 Å². The van der Waals surface area contributed by atoms with E-state index in [-0.39, 0.29) is 10.9 Å². The lowest BCUT2D eigenvalue weighted by Gasteiger charge is -2.00. The zero-order chi connectivity index (χ0) is 13.1. The van der Waals surface area contributed by atoms with Gasteiger partial charge in [0.2, 0.25) is 0 Å². The standard InChI is InChI=1S/C13H8FN3OS/c14-11-10(7-4-8-15-11)18-13-16-12(17-19-13)9-5-2-1-3-6-9/h1-8H. The minimum atomic E-state index is -0.668. The van der Waals surface area contributed by atoms with Gasteiger partial charge in [0.15, 0.2) is 11.6 Å². The first kappa shape index (κ1) is 11.7. The molecule has 0 radical (unpaired) electrons. The number of nitrogens with zero attached hydrogens (tertiary/aromatic N) is 3. The molecule has 0 fully saturated rings. The summed E-state index contributed by atoms with van der Waals surface area (Å²) in [7, 11) is 0. The van der Waals surface area contributed by atoms with Crippen molar-refractivity contribution >= 4 is 11.5 Å². The van der Waals surface area contributed by atoms with Gasteiger partial charge in [-0.15, -0.1) is 0 Å². The Morgan fingerprint density at radius 1 is 1.05 bits per heavy atom. The fraction of sp³-hybridized carbons (Fsp3) is 0. The second-order valence-electron chi connectivity index (χ2n) is 3.64.